The summed E-state index contributed by atoms with van der Waals surface area (Å²) in [4.78, 5) is 16.5. The number of benzene rings is 2. The Balaban J connectivity index is 1.83. The summed E-state index contributed by atoms with van der Waals surface area (Å²) in [5.74, 6) is -0.605. The Morgan fingerprint density at radius 3 is 2.38 bits per heavy atom. The molecule has 0 fully saturated rings. The highest BCUT2D eigenvalue weighted by atomic mass is 35.5. The van der Waals surface area contributed by atoms with E-state index in [1.165, 1.54) is 30.5 Å². The molecule has 9 heteroatoms. The van der Waals surface area contributed by atoms with Gasteiger partial charge in [-0.05, 0) is 48.5 Å². The van der Waals surface area contributed by atoms with Crippen LogP contribution in [0.15, 0.2) is 89.0 Å². The lowest BCUT2D eigenvalue weighted by molar-refractivity contribution is -0.119. The zero-order chi connectivity index (χ0) is 20.7. The number of halogens is 1. The number of rotatable bonds is 7. The first-order chi connectivity index (χ1) is 14.0. The number of nitrogens with one attached hydrogen (secondary N) is 1. The second kappa shape index (κ2) is 9.31. The molecule has 29 heavy (non-hydrogen) atoms. The molecular formula is C20H17ClN4O3S. The molecular weight excluding hydrogens is 412 g/mol. The van der Waals surface area contributed by atoms with Gasteiger partial charge >= 0.3 is 0 Å². The lowest BCUT2D eigenvalue weighted by atomic mass is 10.3. The SMILES string of the molecule is O=C(CN(c1ccc(Cl)cc1)S(=O)(=O)c1ccccc1)N/N=C\c1ccccn1. The number of carbonyl (C=O) groups excluding carboxylic acids is 1. The number of amides is 1. The summed E-state index contributed by atoms with van der Waals surface area (Å²) in [6.07, 6.45) is 2.97. The van der Waals surface area contributed by atoms with Crippen molar-refractivity contribution in [2.75, 3.05) is 10.8 Å². The molecule has 1 heterocycles. The van der Waals surface area contributed by atoms with Gasteiger partial charge in [-0.15, -0.1) is 0 Å². The standard InChI is InChI=1S/C20H17ClN4O3S/c21-16-9-11-18(12-10-16)25(29(27,28)19-7-2-1-3-8-19)15-20(26)24-23-14-17-6-4-5-13-22-17/h1-14H,15H2,(H,24,26)/b23-14-. The van der Waals surface area contributed by atoms with Gasteiger partial charge in [0.05, 0.1) is 22.5 Å². The van der Waals surface area contributed by atoms with Crippen LogP contribution in [-0.2, 0) is 14.8 Å². The minimum Gasteiger partial charge on any atom is -0.271 e. The molecule has 1 amide bonds. The van der Waals surface area contributed by atoms with Crippen LogP contribution in [0.4, 0.5) is 5.69 Å². The molecule has 0 aliphatic carbocycles. The number of pyridine rings is 1. The van der Waals surface area contributed by atoms with Crippen LogP contribution in [0.3, 0.4) is 0 Å². The predicted molar refractivity (Wildman–Crippen MR) is 112 cm³/mol. The Labute approximate surface area is 173 Å². The van der Waals surface area contributed by atoms with Crippen molar-refractivity contribution < 1.29 is 13.2 Å². The van der Waals surface area contributed by atoms with E-state index in [2.05, 4.69) is 15.5 Å². The lowest BCUT2D eigenvalue weighted by Crippen LogP contribution is -2.39. The van der Waals surface area contributed by atoms with Crippen LogP contribution in [0.1, 0.15) is 5.69 Å². The highest BCUT2D eigenvalue weighted by molar-refractivity contribution is 7.92. The van der Waals surface area contributed by atoms with Crippen LogP contribution >= 0.6 is 11.6 Å². The van der Waals surface area contributed by atoms with Gasteiger partial charge in [-0.1, -0.05) is 35.9 Å². The zero-order valence-electron chi connectivity index (χ0n) is 15.1. The molecule has 0 saturated heterocycles. The fourth-order valence-corrected chi connectivity index (χ4v) is 4.00. The van der Waals surface area contributed by atoms with Gasteiger partial charge < -0.3 is 0 Å². The van der Waals surface area contributed by atoms with Gasteiger partial charge in [-0.2, -0.15) is 5.10 Å². The smallest absolute Gasteiger partial charge is 0.264 e. The summed E-state index contributed by atoms with van der Waals surface area (Å²) in [5.41, 5.74) is 3.19. The van der Waals surface area contributed by atoms with E-state index >= 15 is 0 Å². The van der Waals surface area contributed by atoms with E-state index in [0.29, 0.717) is 16.4 Å². The summed E-state index contributed by atoms with van der Waals surface area (Å²) in [6, 6.07) is 19.3. The van der Waals surface area contributed by atoms with Crippen LogP contribution in [0.5, 0.6) is 0 Å². The summed E-state index contributed by atoms with van der Waals surface area (Å²) in [5, 5.41) is 4.28. The molecule has 0 unspecified atom stereocenters. The van der Waals surface area contributed by atoms with E-state index in [-0.39, 0.29) is 4.90 Å². The number of anilines is 1. The van der Waals surface area contributed by atoms with Gasteiger partial charge in [0.15, 0.2) is 0 Å². The van der Waals surface area contributed by atoms with Crippen molar-refractivity contribution in [2.24, 2.45) is 5.10 Å². The minimum absolute atomic E-state index is 0.0692. The average molecular weight is 429 g/mol. The molecule has 0 saturated carbocycles. The molecule has 0 aliphatic heterocycles. The molecule has 0 aliphatic rings. The summed E-state index contributed by atoms with van der Waals surface area (Å²) in [7, 11) is -3.97. The van der Waals surface area contributed by atoms with Crippen molar-refractivity contribution in [1.29, 1.82) is 0 Å². The first kappa shape index (κ1) is 20.5. The number of nitrogens with zero attached hydrogens (tertiary/aromatic N) is 3. The number of hydrazone groups is 1. The van der Waals surface area contributed by atoms with Gasteiger partial charge in [-0.25, -0.2) is 13.8 Å². The van der Waals surface area contributed by atoms with Gasteiger partial charge in [-0.3, -0.25) is 14.1 Å². The zero-order valence-corrected chi connectivity index (χ0v) is 16.7. The number of hydrogen-bond donors (Lipinski definition) is 1. The normalized spacial score (nSPS) is 11.3. The second-order valence-electron chi connectivity index (χ2n) is 5.85. The molecule has 1 N–H and O–H groups in total. The average Bonchev–Trinajstić information content (AvgIpc) is 2.74. The maximum Gasteiger partial charge on any atom is 0.264 e. The molecule has 3 aromatic rings. The summed E-state index contributed by atoms with van der Waals surface area (Å²) < 4.78 is 27.2. The maximum absolute atomic E-state index is 13.1. The fraction of sp³-hybridized carbons (Fsp3) is 0.0500. The van der Waals surface area contributed by atoms with E-state index in [0.717, 1.165) is 4.31 Å². The molecule has 148 valence electrons. The molecule has 7 nitrogen and oxygen atoms in total. The fourth-order valence-electron chi connectivity index (χ4n) is 2.43. The minimum atomic E-state index is -3.97. The van der Waals surface area contributed by atoms with Gasteiger partial charge in [0.25, 0.3) is 15.9 Å². The van der Waals surface area contributed by atoms with Gasteiger partial charge in [0, 0.05) is 11.2 Å². The van der Waals surface area contributed by atoms with Crippen molar-refractivity contribution in [3.05, 3.63) is 89.7 Å². The van der Waals surface area contributed by atoms with Crippen LogP contribution in [0, 0.1) is 0 Å². The van der Waals surface area contributed by atoms with E-state index < -0.39 is 22.5 Å². The van der Waals surface area contributed by atoms with Crippen molar-refractivity contribution in [3.63, 3.8) is 0 Å². The largest absolute Gasteiger partial charge is 0.271 e. The number of carbonyl (C=O) groups is 1. The van der Waals surface area contributed by atoms with Crippen LogP contribution in [-0.4, -0.2) is 32.1 Å². The summed E-state index contributed by atoms with van der Waals surface area (Å²) in [6.45, 7) is -0.460. The first-order valence-corrected chi connectivity index (χ1v) is 10.3. The predicted octanol–water partition coefficient (Wildman–Crippen LogP) is 3.08. The second-order valence-corrected chi connectivity index (χ2v) is 8.15. The van der Waals surface area contributed by atoms with E-state index in [9.17, 15) is 13.2 Å². The van der Waals surface area contributed by atoms with E-state index in [4.69, 9.17) is 11.6 Å². The molecule has 2 aromatic carbocycles. The molecule has 0 spiro atoms. The third-order valence-corrected chi connectivity index (χ3v) is 5.85. The number of sulfonamides is 1. The first-order valence-electron chi connectivity index (χ1n) is 8.53. The molecule has 0 radical (unpaired) electrons. The van der Waals surface area contributed by atoms with E-state index in [1.54, 1.807) is 54.7 Å². The van der Waals surface area contributed by atoms with Crippen LogP contribution in [0.25, 0.3) is 0 Å². The van der Waals surface area contributed by atoms with Crippen LogP contribution < -0.4 is 9.73 Å². The molecule has 3 rings (SSSR count). The quantitative estimate of drug-likeness (QED) is 0.462. The number of hydrogen-bond acceptors (Lipinski definition) is 5. The lowest BCUT2D eigenvalue weighted by Gasteiger charge is -2.23. The highest BCUT2D eigenvalue weighted by Crippen LogP contribution is 2.24. The highest BCUT2D eigenvalue weighted by Gasteiger charge is 2.27. The van der Waals surface area contributed by atoms with Crippen molar-refractivity contribution in [1.82, 2.24) is 10.4 Å². The Kier molecular flexibility index (Phi) is 6.58. The third-order valence-electron chi connectivity index (χ3n) is 3.81. The summed E-state index contributed by atoms with van der Waals surface area (Å²) >= 11 is 5.91. The Morgan fingerprint density at radius 2 is 1.72 bits per heavy atom. The molecule has 0 bridgehead atoms. The monoisotopic (exact) mass is 428 g/mol. The number of aromatic nitrogens is 1. The van der Waals surface area contributed by atoms with Crippen molar-refractivity contribution in [3.8, 4) is 0 Å². The maximum atomic E-state index is 13.1. The Bertz CT molecular complexity index is 1090. The third kappa shape index (κ3) is 5.40. The topological polar surface area (TPSA) is 91.7 Å². The van der Waals surface area contributed by atoms with Crippen LogP contribution in [0.2, 0.25) is 5.02 Å². The van der Waals surface area contributed by atoms with E-state index in [1.807, 2.05) is 0 Å². The Morgan fingerprint density at radius 1 is 1.03 bits per heavy atom. The molecule has 0 atom stereocenters. The van der Waals surface area contributed by atoms with Gasteiger partial charge in [0.1, 0.15) is 6.54 Å². The van der Waals surface area contributed by atoms with Crippen molar-refractivity contribution in [2.45, 2.75) is 4.90 Å². The van der Waals surface area contributed by atoms with Crippen molar-refractivity contribution >= 4 is 39.4 Å². The van der Waals surface area contributed by atoms with Gasteiger partial charge in [0.2, 0.25) is 0 Å². The Hall–Kier alpha value is -3.23. The molecule has 1 aromatic heterocycles.